The summed E-state index contributed by atoms with van der Waals surface area (Å²) < 4.78 is 15.7. The van der Waals surface area contributed by atoms with E-state index in [2.05, 4.69) is 0 Å². The zero-order chi connectivity index (χ0) is 19.1. The van der Waals surface area contributed by atoms with E-state index in [1.54, 1.807) is 32.9 Å². The largest absolute Gasteiger partial charge is 0.459 e. The molecule has 2 aliphatic rings. The molecule has 2 heterocycles. The molecule has 2 amide bonds. The van der Waals surface area contributed by atoms with E-state index in [9.17, 15) is 14.4 Å². The smallest absolute Gasteiger partial charge is 0.326 e. The Bertz CT molecular complexity index is 829. The number of carbonyl (C=O) groups is 3. The minimum atomic E-state index is -0.700. The van der Waals surface area contributed by atoms with Crippen LogP contribution in [0.3, 0.4) is 0 Å². The summed E-state index contributed by atoms with van der Waals surface area (Å²) in [7, 11) is 0. The van der Waals surface area contributed by atoms with Crippen LogP contribution in [0, 0.1) is 0 Å². The van der Waals surface area contributed by atoms with Crippen molar-refractivity contribution < 1.29 is 28.6 Å². The van der Waals surface area contributed by atoms with Gasteiger partial charge in [0.1, 0.15) is 12.1 Å². The lowest BCUT2D eigenvalue weighted by atomic mass is 10.2. The van der Waals surface area contributed by atoms with E-state index in [0.717, 1.165) is 16.7 Å². The van der Waals surface area contributed by atoms with Gasteiger partial charge in [0.05, 0.1) is 9.93 Å². The van der Waals surface area contributed by atoms with Gasteiger partial charge in [0.2, 0.25) is 6.79 Å². The first-order valence-corrected chi connectivity index (χ1v) is 8.90. The average Bonchev–Trinajstić information content (AvgIpc) is 3.05. The lowest BCUT2D eigenvalue weighted by Crippen LogP contribution is -2.37. The maximum Gasteiger partial charge on any atom is 0.326 e. The van der Waals surface area contributed by atoms with Gasteiger partial charge in [0.15, 0.2) is 11.5 Å². The second kappa shape index (κ2) is 6.85. The van der Waals surface area contributed by atoms with Crippen LogP contribution in [0.2, 0.25) is 5.02 Å². The number of halogens is 1. The molecular formula is C17H16ClNO6S. The number of imide groups is 1. The molecule has 7 nitrogen and oxygen atoms in total. The third kappa shape index (κ3) is 3.96. The highest BCUT2D eigenvalue weighted by molar-refractivity contribution is 8.18. The van der Waals surface area contributed by atoms with Crippen molar-refractivity contribution >= 4 is 46.6 Å². The van der Waals surface area contributed by atoms with Crippen molar-refractivity contribution in [3.63, 3.8) is 0 Å². The van der Waals surface area contributed by atoms with Crippen LogP contribution < -0.4 is 9.47 Å². The summed E-state index contributed by atoms with van der Waals surface area (Å²) in [4.78, 5) is 37.5. The van der Waals surface area contributed by atoms with E-state index >= 15 is 0 Å². The van der Waals surface area contributed by atoms with Crippen LogP contribution in [-0.2, 0) is 14.3 Å². The second-order valence-electron chi connectivity index (χ2n) is 6.58. The van der Waals surface area contributed by atoms with Gasteiger partial charge < -0.3 is 14.2 Å². The standard InChI is InChI=1S/C17H16ClNO6S/c1-17(2,3)25-14(20)7-19-15(21)13(26-16(19)22)5-9-4-11-12(6-10(9)18)24-8-23-11/h4-6H,7-8H2,1-3H3/b13-5+. The maximum atomic E-state index is 12.5. The molecule has 0 saturated carbocycles. The zero-order valence-electron chi connectivity index (χ0n) is 14.3. The quantitative estimate of drug-likeness (QED) is 0.570. The van der Waals surface area contributed by atoms with E-state index < -0.39 is 29.3 Å². The summed E-state index contributed by atoms with van der Waals surface area (Å²) in [5.74, 6) is -0.194. The van der Waals surface area contributed by atoms with Gasteiger partial charge in [-0.15, -0.1) is 0 Å². The Kier molecular flexibility index (Phi) is 4.90. The van der Waals surface area contributed by atoms with Crippen molar-refractivity contribution in [3.05, 3.63) is 27.6 Å². The molecule has 138 valence electrons. The topological polar surface area (TPSA) is 82.1 Å². The first kappa shape index (κ1) is 18.6. The summed E-state index contributed by atoms with van der Waals surface area (Å²) in [6.07, 6.45) is 1.49. The van der Waals surface area contributed by atoms with Crippen molar-refractivity contribution in [2.75, 3.05) is 13.3 Å². The van der Waals surface area contributed by atoms with Gasteiger partial charge in [0.25, 0.3) is 11.1 Å². The highest BCUT2D eigenvalue weighted by Crippen LogP contribution is 2.39. The van der Waals surface area contributed by atoms with Crippen LogP contribution in [0.15, 0.2) is 17.0 Å². The van der Waals surface area contributed by atoms with E-state index in [1.807, 2.05) is 0 Å². The Labute approximate surface area is 159 Å². The molecule has 2 aliphatic heterocycles. The third-order valence-electron chi connectivity index (χ3n) is 3.36. The highest BCUT2D eigenvalue weighted by atomic mass is 35.5. The van der Waals surface area contributed by atoms with Crippen molar-refractivity contribution in [1.29, 1.82) is 0 Å². The molecule has 0 aliphatic carbocycles. The Morgan fingerprint density at radius 2 is 1.96 bits per heavy atom. The molecule has 26 heavy (non-hydrogen) atoms. The predicted octanol–water partition coefficient (Wildman–Crippen LogP) is 3.45. The van der Waals surface area contributed by atoms with Crippen LogP contribution in [0.5, 0.6) is 11.5 Å². The molecular weight excluding hydrogens is 382 g/mol. The Hall–Kier alpha value is -2.19. The number of thioether (sulfide) groups is 1. The molecule has 1 saturated heterocycles. The van der Waals surface area contributed by atoms with Crippen LogP contribution in [-0.4, -0.2) is 41.0 Å². The predicted molar refractivity (Wildman–Crippen MR) is 96.1 cm³/mol. The summed E-state index contributed by atoms with van der Waals surface area (Å²) >= 11 is 6.93. The van der Waals surface area contributed by atoms with E-state index in [1.165, 1.54) is 6.08 Å². The van der Waals surface area contributed by atoms with Crippen LogP contribution >= 0.6 is 23.4 Å². The number of nitrogens with zero attached hydrogens (tertiary/aromatic N) is 1. The van der Waals surface area contributed by atoms with Gasteiger partial charge in [-0.2, -0.15) is 0 Å². The number of hydrogen-bond acceptors (Lipinski definition) is 7. The minimum absolute atomic E-state index is 0.0987. The average molecular weight is 398 g/mol. The third-order valence-corrected chi connectivity index (χ3v) is 4.59. The van der Waals surface area contributed by atoms with Crippen LogP contribution in [0.1, 0.15) is 26.3 Å². The maximum absolute atomic E-state index is 12.5. The van der Waals surface area contributed by atoms with E-state index in [4.69, 9.17) is 25.8 Å². The lowest BCUT2D eigenvalue weighted by molar-refractivity contribution is -0.156. The monoisotopic (exact) mass is 397 g/mol. The molecule has 0 aromatic heterocycles. The molecule has 1 aromatic carbocycles. The Balaban J connectivity index is 1.79. The summed E-state index contributed by atoms with van der Waals surface area (Å²) in [5, 5.41) is -0.183. The molecule has 3 rings (SSSR count). The molecule has 1 fully saturated rings. The number of rotatable bonds is 3. The first-order valence-electron chi connectivity index (χ1n) is 7.70. The molecule has 0 spiro atoms. The number of amides is 2. The van der Waals surface area contributed by atoms with Gasteiger partial charge >= 0.3 is 5.97 Å². The fourth-order valence-corrected chi connectivity index (χ4v) is 3.36. The Morgan fingerprint density at radius 1 is 1.31 bits per heavy atom. The summed E-state index contributed by atoms with van der Waals surface area (Å²) in [6.45, 7) is 4.79. The Morgan fingerprint density at radius 3 is 2.62 bits per heavy atom. The van der Waals surface area contributed by atoms with Gasteiger partial charge in [-0.3, -0.25) is 19.3 Å². The van der Waals surface area contributed by atoms with Gasteiger partial charge in [-0.1, -0.05) is 11.6 Å². The highest BCUT2D eigenvalue weighted by Gasteiger charge is 2.37. The molecule has 1 aromatic rings. The lowest BCUT2D eigenvalue weighted by Gasteiger charge is -2.21. The van der Waals surface area contributed by atoms with Crippen LogP contribution in [0.4, 0.5) is 4.79 Å². The molecule has 0 unspecified atom stereocenters. The number of esters is 1. The van der Waals surface area contributed by atoms with E-state index in [-0.39, 0.29) is 11.7 Å². The van der Waals surface area contributed by atoms with Crippen molar-refractivity contribution in [3.8, 4) is 11.5 Å². The number of carbonyl (C=O) groups excluding carboxylic acids is 3. The normalized spacial score (nSPS) is 18.0. The van der Waals surface area contributed by atoms with Gasteiger partial charge in [-0.25, -0.2) is 0 Å². The molecule has 0 atom stereocenters. The molecule has 9 heteroatoms. The number of fused-ring (bicyclic) bond motifs is 1. The summed E-state index contributed by atoms with van der Waals surface area (Å²) in [5.41, 5.74) is -0.187. The number of ether oxygens (including phenoxy) is 3. The molecule has 0 radical (unpaired) electrons. The van der Waals surface area contributed by atoms with Crippen molar-refractivity contribution in [1.82, 2.24) is 4.90 Å². The minimum Gasteiger partial charge on any atom is -0.459 e. The number of hydrogen-bond donors (Lipinski definition) is 0. The number of benzene rings is 1. The second-order valence-corrected chi connectivity index (χ2v) is 7.98. The fraction of sp³-hybridized carbons (Fsp3) is 0.353. The zero-order valence-corrected chi connectivity index (χ0v) is 15.9. The summed E-state index contributed by atoms with van der Waals surface area (Å²) in [6, 6.07) is 3.22. The van der Waals surface area contributed by atoms with Crippen LogP contribution in [0.25, 0.3) is 6.08 Å². The van der Waals surface area contributed by atoms with Crippen molar-refractivity contribution in [2.24, 2.45) is 0 Å². The molecule has 0 N–H and O–H groups in total. The van der Waals surface area contributed by atoms with Gasteiger partial charge in [-0.05, 0) is 50.2 Å². The molecule has 0 bridgehead atoms. The van der Waals surface area contributed by atoms with Gasteiger partial charge in [0, 0.05) is 6.07 Å². The SMILES string of the molecule is CC(C)(C)OC(=O)CN1C(=O)S/C(=C/c2cc3c(cc2Cl)OCO3)C1=O. The van der Waals surface area contributed by atoms with E-state index in [0.29, 0.717) is 22.1 Å². The first-order chi connectivity index (χ1) is 12.1. The fourth-order valence-electron chi connectivity index (χ4n) is 2.32. The van der Waals surface area contributed by atoms with Crippen molar-refractivity contribution in [2.45, 2.75) is 26.4 Å².